The van der Waals surface area contributed by atoms with Crippen molar-refractivity contribution in [1.29, 1.82) is 0 Å². The molecule has 26 heavy (non-hydrogen) atoms. The van der Waals surface area contributed by atoms with Crippen molar-refractivity contribution in [2.45, 2.75) is 89.1 Å². The number of amides is 2. The fourth-order valence-electron chi connectivity index (χ4n) is 4.52. The highest BCUT2D eigenvalue weighted by Crippen LogP contribution is 2.33. The van der Waals surface area contributed by atoms with E-state index in [1.54, 1.807) is 0 Å². The maximum atomic E-state index is 12.4. The predicted molar refractivity (Wildman–Crippen MR) is 97.4 cm³/mol. The highest BCUT2D eigenvalue weighted by atomic mass is 16.4. The van der Waals surface area contributed by atoms with Gasteiger partial charge < -0.3 is 15.7 Å². The molecule has 0 radical (unpaired) electrons. The monoisotopic (exact) mass is 364 g/mol. The summed E-state index contributed by atoms with van der Waals surface area (Å²) in [5, 5.41) is 15.1. The first-order valence-corrected chi connectivity index (χ1v) is 10.4. The highest BCUT2D eigenvalue weighted by Gasteiger charge is 2.38. The Bertz CT molecular complexity index is 518. The van der Waals surface area contributed by atoms with Crippen molar-refractivity contribution in [1.82, 2.24) is 10.6 Å². The smallest absolute Gasteiger partial charge is 0.326 e. The number of hydrogen-bond acceptors (Lipinski definition) is 3. The molecule has 3 aliphatic carbocycles. The molecular weight excluding hydrogens is 332 g/mol. The maximum Gasteiger partial charge on any atom is 0.326 e. The van der Waals surface area contributed by atoms with E-state index in [-0.39, 0.29) is 29.7 Å². The second kappa shape index (κ2) is 8.87. The minimum atomic E-state index is -0.926. The lowest BCUT2D eigenvalue weighted by Gasteiger charge is -2.30. The van der Waals surface area contributed by atoms with E-state index in [9.17, 15) is 19.5 Å². The summed E-state index contributed by atoms with van der Waals surface area (Å²) in [7, 11) is 0. The number of carbonyl (C=O) groups is 3. The van der Waals surface area contributed by atoms with Gasteiger partial charge in [0.25, 0.3) is 0 Å². The van der Waals surface area contributed by atoms with E-state index in [0.717, 1.165) is 38.5 Å². The van der Waals surface area contributed by atoms with Crippen LogP contribution in [-0.4, -0.2) is 35.0 Å². The highest BCUT2D eigenvalue weighted by molar-refractivity contribution is 5.85. The molecule has 0 bridgehead atoms. The third-order valence-electron chi connectivity index (χ3n) is 6.32. The first kappa shape index (κ1) is 19.2. The van der Waals surface area contributed by atoms with Crippen molar-refractivity contribution in [2.24, 2.45) is 17.8 Å². The predicted octanol–water partition coefficient (Wildman–Crippen LogP) is 2.61. The van der Waals surface area contributed by atoms with E-state index in [4.69, 9.17) is 0 Å². The lowest BCUT2D eigenvalue weighted by atomic mass is 9.84. The molecule has 1 unspecified atom stereocenters. The molecule has 0 aliphatic heterocycles. The molecule has 146 valence electrons. The third-order valence-corrected chi connectivity index (χ3v) is 6.32. The largest absolute Gasteiger partial charge is 0.480 e. The molecule has 2 amide bonds. The van der Waals surface area contributed by atoms with E-state index in [1.807, 2.05) is 0 Å². The molecule has 3 aliphatic rings. The fourth-order valence-corrected chi connectivity index (χ4v) is 4.52. The number of hydrogen-bond donors (Lipinski definition) is 3. The van der Waals surface area contributed by atoms with Gasteiger partial charge >= 0.3 is 5.97 Å². The van der Waals surface area contributed by atoms with Gasteiger partial charge in [-0.15, -0.1) is 0 Å². The summed E-state index contributed by atoms with van der Waals surface area (Å²) in [6.45, 7) is 0. The van der Waals surface area contributed by atoms with Crippen molar-refractivity contribution in [3.63, 3.8) is 0 Å². The first-order chi connectivity index (χ1) is 12.5. The third kappa shape index (κ3) is 5.45. The molecular formula is C20H32N2O4. The van der Waals surface area contributed by atoms with Crippen LogP contribution < -0.4 is 10.6 Å². The second-order valence-electron chi connectivity index (χ2n) is 8.49. The van der Waals surface area contributed by atoms with Gasteiger partial charge in [-0.25, -0.2) is 4.79 Å². The van der Waals surface area contributed by atoms with Gasteiger partial charge in [-0.1, -0.05) is 19.3 Å². The van der Waals surface area contributed by atoms with Crippen molar-refractivity contribution < 1.29 is 19.5 Å². The van der Waals surface area contributed by atoms with Crippen molar-refractivity contribution in [2.75, 3.05) is 0 Å². The Balaban J connectivity index is 1.37. The van der Waals surface area contributed by atoms with Crippen LogP contribution >= 0.6 is 0 Å². The molecule has 3 fully saturated rings. The number of carbonyl (C=O) groups excluding carboxylic acids is 2. The van der Waals surface area contributed by atoms with Crippen LogP contribution in [0.2, 0.25) is 0 Å². The number of rotatable bonds is 7. The lowest BCUT2D eigenvalue weighted by molar-refractivity contribution is -0.143. The Morgan fingerprint density at radius 1 is 0.885 bits per heavy atom. The second-order valence-corrected chi connectivity index (χ2v) is 8.49. The summed E-state index contributed by atoms with van der Waals surface area (Å²) in [5.74, 6) is -0.375. The summed E-state index contributed by atoms with van der Waals surface area (Å²) in [6, 6.07) is -0.565. The van der Waals surface area contributed by atoms with Gasteiger partial charge in [0, 0.05) is 18.4 Å². The number of carboxylic acids is 1. The van der Waals surface area contributed by atoms with Gasteiger partial charge in [-0.2, -0.15) is 0 Å². The zero-order valence-corrected chi connectivity index (χ0v) is 15.5. The Morgan fingerprint density at radius 2 is 1.54 bits per heavy atom. The SMILES string of the molecule is O=C(CC1CCCCC1)NC1CCC(C(=O)NC(C(=O)O)C2CC2)CC1. The normalized spacial score (nSPS) is 28.2. The van der Waals surface area contributed by atoms with Crippen LogP contribution in [0.15, 0.2) is 0 Å². The Hall–Kier alpha value is -1.59. The molecule has 3 N–H and O–H groups in total. The average molecular weight is 364 g/mol. The van der Waals surface area contributed by atoms with Crippen LogP contribution in [0.1, 0.15) is 77.0 Å². The summed E-state index contributed by atoms with van der Waals surface area (Å²) < 4.78 is 0. The Labute approximate surface area is 155 Å². The van der Waals surface area contributed by atoms with Gasteiger partial charge in [-0.05, 0) is 63.2 Å². The fraction of sp³-hybridized carbons (Fsp3) is 0.850. The molecule has 0 saturated heterocycles. The summed E-state index contributed by atoms with van der Waals surface area (Å²) in [6.07, 6.45) is 11.6. The van der Waals surface area contributed by atoms with E-state index in [1.165, 1.54) is 32.1 Å². The number of nitrogens with one attached hydrogen (secondary N) is 2. The van der Waals surface area contributed by atoms with E-state index in [2.05, 4.69) is 10.6 Å². The Kier molecular flexibility index (Phi) is 6.54. The van der Waals surface area contributed by atoms with Gasteiger partial charge in [0.2, 0.25) is 11.8 Å². The summed E-state index contributed by atoms with van der Waals surface area (Å²) in [4.78, 5) is 35.9. The lowest BCUT2D eigenvalue weighted by Crippen LogP contribution is -2.47. The van der Waals surface area contributed by atoms with Crippen LogP contribution in [-0.2, 0) is 14.4 Å². The average Bonchev–Trinajstić information content (AvgIpc) is 3.45. The minimum Gasteiger partial charge on any atom is -0.480 e. The molecule has 0 aromatic heterocycles. The first-order valence-electron chi connectivity index (χ1n) is 10.4. The van der Waals surface area contributed by atoms with Crippen LogP contribution in [0.25, 0.3) is 0 Å². The van der Waals surface area contributed by atoms with Crippen LogP contribution in [0.5, 0.6) is 0 Å². The van der Waals surface area contributed by atoms with Gasteiger partial charge in [0.15, 0.2) is 0 Å². The number of carboxylic acid groups (broad SMARTS) is 1. The Morgan fingerprint density at radius 3 is 2.12 bits per heavy atom. The van der Waals surface area contributed by atoms with Crippen molar-refractivity contribution in [3.8, 4) is 0 Å². The molecule has 3 rings (SSSR count). The van der Waals surface area contributed by atoms with E-state index in [0.29, 0.717) is 12.3 Å². The summed E-state index contributed by atoms with van der Waals surface area (Å²) >= 11 is 0. The van der Waals surface area contributed by atoms with Gasteiger partial charge in [0.05, 0.1) is 0 Å². The maximum absolute atomic E-state index is 12.4. The standard InChI is InChI=1S/C20H32N2O4/c23-17(12-13-4-2-1-3-5-13)21-16-10-8-15(9-11-16)19(24)22-18(20(25)26)14-6-7-14/h13-16,18H,1-12H2,(H,21,23)(H,22,24)(H,25,26). The quantitative estimate of drug-likeness (QED) is 0.647. The molecule has 0 aromatic rings. The van der Waals surface area contributed by atoms with Crippen LogP contribution in [0, 0.1) is 17.8 Å². The molecule has 6 nitrogen and oxygen atoms in total. The summed E-state index contributed by atoms with van der Waals surface area (Å²) in [5.41, 5.74) is 0. The zero-order chi connectivity index (χ0) is 18.5. The van der Waals surface area contributed by atoms with Crippen LogP contribution in [0.3, 0.4) is 0 Å². The molecule has 3 saturated carbocycles. The minimum absolute atomic E-state index is 0.104. The van der Waals surface area contributed by atoms with Gasteiger partial charge in [-0.3, -0.25) is 9.59 Å². The molecule has 6 heteroatoms. The number of aliphatic carboxylic acids is 1. The molecule has 0 spiro atoms. The molecule has 1 atom stereocenters. The van der Waals surface area contributed by atoms with Crippen LogP contribution in [0.4, 0.5) is 0 Å². The molecule has 0 heterocycles. The topological polar surface area (TPSA) is 95.5 Å². The van der Waals surface area contributed by atoms with E-state index >= 15 is 0 Å². The van der Waals surface area contributed by atoms with Gasteiger partial charge in [0.1, 0.15) is 6.04 Å². The molecule has 0 aromatic carbocycles. The van der Waals surface area contributed by atoms with E-state index < -0.39 is 12.0 Å². The zero-order valence-electron chi connectivity index (χ0n) is 15.5. The van der Waals surface area contributed by atoms with Crippen molar-refractivity contribution in [3.05, 3.63) is 0 Å². The van der Waals surface area contributed by atoms with Crippen molar-refractivity contribution >= 4 is 17.8 Å².